The Hall–Kier alpha value is -1.09. The lowest BCUT2D eigenvalue weighted by molar-refractivity contribution is -0.453. The van der Waals surface area contributed by atoms with Gasteiger partial charge in [0.05, 0.1) is 0 Å². The van der Waals surface area contributed by atoms with E-state index in [0.29, 0.717) is 0 Å². The highest BCUT2D eigenvalue weighted by atomic mass is 19.4. The quantitative estimate of drug-likeness (QED) is 0.511. The maximum atomic E-state index is 12.9. The summed E-state index contributed by atoms with van der Waals surface area (Å²) in [4.78, 5) is 0. The number of alkyl halides is 15. The Kier molecular flexibility index (Phi) is 5.21. The van der Waals surface area contributed by atoms with E-state index in [-0.39, 0.29) is 12.4 Å². The molecule has 1 N–H and O–H groups in total. The Morgan fingerprint density at radius 3 is 0.917 bits per heavy atom. The third kappa shape index (κ3) is 2.65. The zero-order valence-electron chi connectivity index (χ0n) is 10.7. The molecule has 0 aliphatic heterocycles. The van der Waals surface area contributed by atoms with Gasteiger partial charge in [-0.15, -0.1) is 0 Å². The molecule has 0 rings (SSSR count). The van der Waals surface area contributed by atoms with E-state index in [1.807, 2.05) is 0 Å². The first kappa shape index (κ1) is 22.9. The fourth-order valence-corrected chi connectivity index (χ4v) is 1.12. The lowest BCUT2D eigenvalue weighted by atomic mass is 9.93. The van der Waals surface area contributed by atoms with Crippen molar-refractivity contribution in [2.24, 2.45) is 0 Å². The minimum Gasteiger partial charge on any atom is -0.256 e. The van der Waals surface area contributed by atoms with Crippen LogP contribution in [0.25, 0.3) is 0 Å². The van der Waals surface area contributed by atoms with E-state index < -0.39 is 41.8 Å². The summed E-state index contributed by atoms with van der Waals surface area (Å²) in [5.74, 6) is -39.9. The van der Waals surface area contributed by atoms with Crippen LogP contribution >= 0.6 is 0 Å². The van der Waals surface area contributed by atoms with Gasteiger partial charge in [0.2, 0.25) is 0 Å². The zero-order chi connectivity index (χ0) is 20.2. The predicted molar refractivity (Wildman–Crippen MR) is 44.8 cm³/mol. The molecule has 0 aliphatic carbocycles. The molecule has 0 spiro atoms. The van der Waals surface area contributed by atoms with Crippen LogP contribution < -0.4 is 5.32 Å². The Morgan fingerprint density at radius 1 is 0.417 bits per heavy atom. The Balaban J connectivity index is 6.42. The van der Waals surface area contributed by atoms with E-state index in [0.717, 1.165) is 0 Å². The first-order chi connectivity index (χ1) is 10.1. The summed E-state index contributed by atoms with van der Waals surface area (Å²) < 4.78 is 187. The second-order valence-electron chi connectivity index (χ2n) is 4.19. The number of nitrogens with one attached hydrogen (secondary N) is 1. The molecule has 1 nitrogen and oxygen atoms in total. The molecule has 0 unspecified atom stereocenters. The van der Waals surface area contributed by atoms with Gasteiger partial charge in [-0.25, -0.2) is 0 Å². The summed E-state index contributed by atoms with van der Waals surface area (Å²) in [6.07, 6.45) is -7.59. The van der Waals surface area contributed by atoms with Crippen molar-refractivity contribution in [2.75, 3.05) is 7.05 Å². The second kappa shape index (κ2) is 5.45. The molecular weight excluding hydrogens is 395 g/mol. The third-order valence-electron chi connectivity index (χ3n) is 2.64. The molecule has 0 aromatic rings. The lowest BCUT2D eigenvalue weighted by Gasteiger charge is -2.41. The number of hydrogen-bond donors (Lipinski definition) is 1. The zero-order valence-corrected chi connectivity index (χ0v) is 10.7. The maximum Gasteiger partial charge on any atom is 0.460 e. The van der Waals surface area contributed by atoms with Gasteiger partial charge in [-0.1, -0.05) is 0 Å². The van der Waals surface area contributed by atoms with E-state index in [1.54, 1.807) is 0 Å². The van der Waals surface area contributed by atoms with Crippen molar-refractivity contribution in [2.45, 2.75) is 41.8 Å². The number of hydrogen-bond acceptors (Lipinski definition) is 1. The predicted octanol–water partition coefficient (Wildman–Crippen LogP) is 4.54. The average Bonchev–Trinajstić information content (AvgIpc) is 2.36. The Bertz CT molecular complexity index is 461. The van der Waals surface area contributed by atoms with Gasteiger partial charge in [-0.3, -0.25) is 5.32 Å². The fourth-order valence-electron chi connectivity index (χ4n) is 1.12. The minimum absolute atomic E-state index is 0.0289. The Morgan fingerprint density at radius 2 is 0.667 bits per heavy atom. The van der Waals surface area contributed by atoms with Crippen LogP contribution in [0.3, 0.4) is 0 Å². The summed E-state index contributed by atoms with van der Waals surface area (Å²) in [6, 6.07) is -6.37. The van der Waals surface area contributed by atoms with Crippen molar-refractivity contribution < 1.29 is 65.9 Å². The molecule has 0 saturated carbocycles. The van der Waals surface area contributed by atoms with E-state index in [2.05, 4.69) is 0 Å². The molecule has 0 radical (unpaired) electrons. The normalized spacial score (nSPS) is 16.5. The molecule has 0 aliphatic rings. The van der Waals surface area contributed by atoms with Crippen LogP contribution in [0.2, 0.25) is 0 Å². The number of rotatable bonds is 6. The molecule has 0 amide bonds. The largest absolute Gasteiger partial charge is 0.460 e. The van der Waals surface area contributed by atoms with Crippen molar-refractivity contribution in [3.8, 4) is 0 Å². The summed E-state index contributed by atoms with van der Waals surface area (Å²) in [6.45, 7) is 0. The van der Waals surface area contributed by atoms with Crippen molar-refractivity contribution in [1.29, 1.82) is 0 Å². The molecule has 0 atom stereocenters. The molecular formula is C8H4F15N. The molecule has 0 heterocycles. The molecule has 146 valence electrons. The van der Waals surface area contributed by atoms with Crippen LogP contribution in [0.5, 0.6) is 0 Å². The van der Waals surface area contributed by atoms with E-state index in [9.17, 15) is 65.9 Å². The second-order valence-corrected chi connectivity index (χ2v) is 4.19. The molecule has 0 aromatic heterocycles. The molecule has 16 heteroatoms. The lowest BCUT2D eigenvalue weighted by Crippen LogP contribution is -2.73. The van der Waals surface area contributed by atoms with Crippen molar-refractivity contribution in [1.82, 2.24) is 5.32 Å². The van der Waals surface area contributed by atoms with Crippen LogP contribution in [0.4, 0.5) is 65.9 Å². The SMILES string of the molecule is CNC(F)(F)C(F)(F)C(F)(F)C(F)(F)C(F)(F)C(F)(F)C(F)(F)F. The monoisotopic (exact) mass is 399 g/mol. The summed E-state index contributed by atoms with van der Waals surface area (Å²) in [5, 5.41) is 0.0289. The van der Waals surface area contributed by atoms with Gasteiger partial charge in [0.1, 0.15) is 0 Å². The van der Waals surface area contributed by atoms with Crippen LogP contribution in [-0.4, -0.2) is 48.9 Å². The average molecular weight is 399 g/mol. The third-order valence-corrected chi connectivity index (χ3v) is 2.64. The molecule has 24 heavy (non-hydrogen) atoms. The topological polar surface area (TPSA) is 12.0 Å². The van der Waals surface area contributed by atoms with Crippen LogP contribution in [0.15, 0.2) is 0 Å². The van der Waals surface area contributed by atoms with Crippen molar-refractivity contribution >= 4 is 0 Å². The highest BCUT2D eigenvalue weighted by Gasteiger charge is 2.93. The van der Waals surface area contributed by atoms with Gasteiger partial charge < -0.3 is 0 Å². The fraction of sp³-hybridized carbons (Fsp3) is 1.00. The summed E-state index contributed by atoms with van der Waals surface area (Å²) in [7, 11) is -0.232. The molecule has 0 fully saturated rings. The highest BCUT2D eigenvalue weighted by molar-refractivity contribution is 5.12. The van der Waals surface area contributed by atoms with E-state index in [4.69, 9.17) is 0 Å². The van der Waals surface area contributed by atoms with Gasteiger partial charge >= 0.3 is 41.8 Å². The van der Waals surface area contributed by atoms with Crippen LogP contribution in [0, 0.1) is 0 Å². The van der Waals surface area contributed by atoms with E-state index in [1.165, 1.54) is 0 Å². The summed E-state index contributed by atoms with van der Waals surface area (Å²) in [5.41, 5.74) is 0. The molecule has 0 aromatic carbocycles. The van der Waals surface area contributed by atoms with Crippen LogP contribution in [-0.2, 0) is 0 Å². The van der Waals surface area contributed by atoms with E-state index >= 15 is 0 Å². The minimum atomic E-state index is -8.23. The van der Waals surface area contributed by atoms with Gasteiger partial charge in [0.15, 0.2) is 0 Å². The van der Waals surface area contributed by atoms with Crippen LogP contribution in [0.1, 0.15) is 0 Å². The smallest absolute Gasteiger partial charge is 0.256 e. The van der Waals surface area contributed by atoms with Gasteiger partial charge in [-0.2, -0.15) is 65.9 Å². The van der Waals surface area contributed by atoms with Crippen molar-refractivity contribution in [3.05, 3.63) is 0 Å². The maximum absolute atomic E-state index is 12.9. The first-order valence-electron chi connectivity index (χ1n) is 5.08. The highest BCUT2D eigenvalue weighted by Crippen LogP contribution is 2.61. The van der Waals surface area contributed by atoms with Gasteiger partial charge in [0.25, 0.3) is 0 Å². The molecule has 0 bridgehead atoms. The summed E-state index contributed by atoms with van der Waals surface area (Å²) >= 11 is 0. The Labute approximate surface area is 121 Å². The first-order valence-corrected chi connectivity index (χ1v) is 5.08. The number of halogens is 15. The van der Waals surface area contributed by atoms with Gasteiger partial charge in [-0.05, 0) is 7.05 Å². The van der Waals surface area contributed by atoms with Gasteiger partial charge in [0, 0.05) is 0 Å². The standard InChI is InChI=1S/C8H4F15N/c1-24-8(22,23)6(17,18)4(13,14)2(9,10)3(11,12)5(15,16)7(19,20)21/h24H,1H3. The molecule has 0 saturated heterocycles. The van der Waals surface area contributed by atoms with Crippen molar-refractivity contribution in [3.63, 3.8) is 0 Å².